The van der Waals surface area contributed by atoms with Crippen LogP contribution < -0.4 is 24.8 Å². The van der Waals surface area contributed by atoms with E-state index in [2.05, 4.69) is 20.7 Å². The van der Waals surface area contributed by atoms with Gasteiger partial charge in [0.25, 0.3) is 5.91 Å². The van der Waals surface area contributed by atoms with Crippen LogP contribution in [-0.2, 0) is 4.79 Å². The summed E-state index contributed by atoms with van der Waals surface area (Å²) in [6.07, 6.45) is 1.44. The van der Waals surface area contributed by atoms with Crippen LogP contribution in [0.4, 0.5) is 11.6 Å². The third kappa shape index (κ3) is 3.73. The van der Waals surface area contributed by atoms with Crippen LogP contribution in [0.1, 0.15) is 25.5 Å². The van der Waals surface area contributed by atoms with Gasteiger partial charge in [-0.15, -0.1) is 0 Å². The Labute approximate surface area is 186 Å². The molecule has 0 fully saturated rings. The monoisotopic (exact) mass is 435 g/mol. The molecule has 9 heteroatoms. The minimum Gasteiger partial charge on any atom is -0.493 e. The lowest BCUT2D eigenvalue weighted by Crippen LogP contribution is -2.31. The molecule has 0 radical (unpaired) electrons. The molecule has 0 aliphatic carbocycles. The standard InChI is InChI=1S/C23H25N5O4/c1-5-32-17-11-7-6-10-16(17)27-22(29)19-14(2)26-23-24-13-25-28(23)20(19)15-9-8-12-18(30-3)21(15)31-4/h6-13,20H,5H2,1-4H3,(H,27,29)(H,24,25,26). The largest absolute Gasteiger partial charge is 0.493 e. The van der Waals surface area contributed by atoms with Crippen molar-refractivity contribution in [1.29, 1.82) is 0 Å². The van der Waals surface area contributed by atoms with Crippen molar-refractivity contribution in [2.45, 2.75) is 19.9 Å². The average molecular weight is 435 g/mol. The second kappa shape index (κ2) is 9.01. The van der Waals surface area contributed by atoms with Crippen LogP contribution in [0.3, 0.4) is 0 Å². The van der Waals surface area contributed by atoms with Gasteiger partial charge in [-0.1, -0.05) is 24.3 Å². The molecule has 1 unspecified atom stereocenters. The molecule has 0 spiro atoms. The van der Waals surface area contributed by atoms with Gasteiger partial charge in [0.2, 0.25) is 5.95 Å². The number of aromatic nitrogens is 3. The lowest BCUT2D eigenvalue weighted by atomic mass is 9.94. The van der Waals surface area contributed by atoms with E-state index in [-0.39, 0.29) is 5.91 Å². The lowest BCUT2D eigenvalue weighted by molar-refractivity contribution is -0.113. The van der Waals surface area contributed by atoms with Crippen molar-refractivity contribution < 1.29 is 19.0 Å². The number of amides is 1. The van der Waals surface area contributed by atoms with E-state index in [1.54, 1.807) is 31.0 Å². The van der Waals surface area contributed by atoms with Crippen molar-refractivity contribution >= 4 is 17.5 Å². The van der Waals surface area contributed by atoms with Crippen molar-refractivity contribution in [1.82, 2.24) is 14.8 Å². The lowest BCUT2D eigenvalue weighted by Gasteiger charge is -2.30. The number of anilines is 2. The number of carbonyl (C=O) groups is 1. The van der Waals surface area contributed by atoms with Crippen molar-refractivity contribution in [2.75, 3.05) is 31.5 Å². The highest BCUT2D eigenvalue weighted by molar-refractivity contribution is 6.06. The summed E-state index contributed by atoms with van der Waals surface area (Å²) in [4.78, 5) is 17.9. The number of nitrogens with one attached hydrogen (secondary N) is 2. The summed E-state index contributed by atoms with van der Waals surface area (Å²) in [6, 6.07) is 12.3. The van der Waals surface area contributed by atoms with Crippen LogP contribution in [0.25, 0.3) is 0 Å². The average Bonchev–Trinajstić information content (AvgIpc) is 3.27. The van der Waals surface area contributed by atoms with Crippen molar-refractivity contribution in [3.8, 4) is 17.2 Å². The Hall–Kier alpha value is -4.01. The highest BCUT2D eigenvalue weighted by atomic mass is 16.5. The Morgan fingerprint density at radius 3 is 2.66 bits per heavy atom. The zero-order valence-corrected chi connectivity index (χ0v) is 18.4. The first kappa shape index (κ1) is 21.2. The highest BCUT2D eigenvalue weighted by Crippen LogP contribution is 2.42. The number of rotatable bonds is 7. The molecule has 0 saturated heterocycles. The fourth-order valence-electron chi connectivity index (χ4n) is 3.84. The van der Waals surface area contributed by atoms with Gasteiger partial charge in [0.1, 0.15) is 18.1 Å². The molecule has 1 amide bonds. The number of benzene rings is 2. The maximum absolute atomic E-state index is 13.6. The summed E-state index contributed by atoms with van der Waals surface area (Å²) in [5.74, 6) is 1.92. The van der Waals surface area contributed by atoms with Gasteiger partial charge in [0, 0.05) is 11.3 Å². The van der Waals surface area contributed by atoms with E-state index in [9.17, 15) is 4.79 Å². The number of fused-ring (bicyclic) bond motifs is 1. The first-order chi connectivity index (χ1) is 15.6. The minimum atomic E-state index is -0.585. The molecule has 32 heavy (non-hydrogen) atoms. The number of carbonyl (C=O) groups excluding carboxylic acids is 1. The van der Waals surface area contributed by atoms with Crippen LogP contribution in [0.2, 0.25) is 0 Å². The molecular weight excluding hydrogens is 410 g/mol. The zero-order chi connectivity index (χ0) is 22.7. The van der Waals surface area contributed by atoms with Crippen LogP contribution in [0.15, 0.2) is 60.1 Å². The number of methoxy groups -OCH3 is 2. The van der Waals surface area contributed by atoms with Gasteiger partial charge in [0.15, 0.2) is 11.5 Å². The van der Waals surface area contributed by atoms with E-state index in [1.807, 2.05) is 44.2 Å². The third-order valence-electron chi connectivity index (χ3n) is 5.20. The number of nitrogens with zero attached hydrogens (tertiary/aromatic N) is 3. The van der Waals surface area contributed by atoms with Gasteiger partial charge in [-0.25, -0.2) is 4.68 Å². The first-order valence-electron chi connectivity index (χ1n) is 10.2. The van der Waals surface area contributed by atoms with Gasteiger partial charge in [-0.3, -0.25) is 4.79 Å². The summed E-state index contributed by atoms with van der Waals surface area (Å²) in [7, 11) is 3.14. The Bertz CT molecular complexity index is 1170. The summed E-state index contributed by atoms with van der Waals surface area (Å²) in [5, 5.41) is 10.5. The Kier molecular flexibility index (Phi) is 5.98. The topological polar surface area (TPSA) is 99.5 Å². The van der Waals surface area contributed by atoms with E-state index in [0.29, 0.717) is 46.8 Å². The fourth-order valence-corrected chi connectivity index (χ4v) is 3.84. The number of allylic oxidation sites excluding steroid dienone is 1. The molecule has 1 aliphatic rings. The number of para-hydroxylation sites is 3. The Balaban J connectivity index is 1.81. The number of hydrogen-bond acceptors (Lipinski definition) is 7. The molecule has 2 aromatic carbocycles. The minimum absolute atomic E-state index is 0.293. The third-order valence-corrected chi connectivity index (χ3v) is 5.20. The maximum atomic E-state index is 13.6. The van der Waals surface area contributed by atoms with E-state index in [0.717, 1.165) is 5.56 Å². The highest BCUT2D eigenvalue weighted by Gasteiger charge is 2.36. The van der Waals surface area contributed by atoms with Gasteiger partial charge in [-0.05, 0) is 32.0 Å². The predicted molar refractivity (Wildman–Crippen MR) is 120 cm³/mol. The molecule has 1 aliphatic heterocycles. The van der Waals surface area contributed by atoms with Gasteiger partial charge in [-0.2, -0.15) is 10.1 Å². The first-order valence-corrected chi connectivity index (χ1v) is 10.2. The van der Waals surface area contributed by atoms with E-state index in [1.165, 1.54) is 6.33 Å². The van der Waals surface area contributed by atoms with Crippen LogP contribution in [0, 0.1) is 0 Å². The molecule has 0 saturated carbocycles. The van der Waals surface area contributed by atoms with E-state index >= 15 is 0 Å². The van der Waals surface area contributed by atoms with Gasteiger partial charge >= 0.3 is 0 Å². The quantitative estimate of drug-likeness (QED) is 0.585. The van der Waals surface area contributed by atoms with E-state index in [4.69, 9.17) is 14.2 Å². The van der Waals surface area contributed by atoms with Crippen molar-refractivity contribution in [2.24, 2.45) is 0 Å². The second-order valence-electron chi connectivity index (χ2n) is 7.06. The molecule has 3 aromatic rings. The Morgan fingerprint density at radius 2 is 1.91 bits per heavy atom. The molecule has 0 bridgehead atoms. The summed E-state index contributed by atoms with van der Waals surface area (Å²) in [5.41, 5.74) is 2.44. The predicted octanol–water partition coefficient (Wildman–Crippen LogP) is 3.62. The van der Waals surface area contributed by atoms with Crippen LogP contribution in [0.5, 0.6) is 17.2 Å². The molecule has 1 aromatic heterocycles. The summed E-state index contributed by atoms with van der Waals surface area (Å²) < 4.78 is 18.5. The molecule has 9 nitrogen and oxygen atoms in total. The summed E-state index contributed by atoms with van der Waals surface area (Å²) >= 11 is 0. The normalized spacial score (nSPS) is 14.9. The molecule has 4 rings (SSSR count). The van der Waals surface area contributed by atoms with Crippen LogP contribution >= 0.6 is 0 Å². The van der Waals surface area contributed by atoms with Gasteiger partial charge < -0.3 is 24.8 Å². The number of hydrogen-bond donors (Lipinski definition) is 2. The summed E-state index contributed by atoms with van der Waals surface area (Å²) in [6.45, 7) is 4.22. The molecule has 2 N–H and O–H groups in total. The number of ether oxygens (including phenoxy) is 3. The van der Waals surface area contributed by atoms with Crippen LogP contribution in [-0.4, -0.2) is 41.5 Å². The fraction of sp³-hybridized carbons (Fsp3) is 0.261. The van der Waals surface area contributed by atoms with Crippen molar-refractivity contribution in [3.05, 3.63) is 65.6 Å². The molecule has 1 atom stereocenters. The zero-order valence-electron chi connectivity index (χ0n) is 18.4. The van der Waals surface area contributed by atoms with E-state index < -0.39 is 6.04 Å². The smallest absolute Gasteiger partial charge is 0.255 e. The Morgan fingerprint density at radius 1 is 1.12 bits per heavy atom. The van der Waals surface area contributed by atoms with Gasteiger partial charge in [0.05, 0.1) is 32.1 Å². The maximum Gasteiger partial charge on any atom is 0.255 e. The molecule has 166 valence electrons. The second-order valence-corrected chi connectivity index (χ2v) is 7.06. The SMILES string of the molecule is CCOc1ccccc1NC(=O)C1=C(C)Nc2ncnn2C1c1cccc(OC)c1OC. The molecule has 2 heterocycles. The van der Waals surface area contributed by atoms with Crippen molar-refractivity contribution in [3.63, 3.8) is 0 Å². The molecular formula is C23H25N5O4.